The van der Waals surface area contributed by atoms with Crippen molar-refractivity contribution in [2.75, 3.05) is 5.75 Å². The first-order valence-corrected chi connectivity index (χ1v) is 10.0. The number of thioether (sulfide) groups is 1. The van der Waals surface area contributed by atoms with E-state index in [1.807, 2.05) is 18.2 Å². The number of aryl methyl sites for hydroxylation is 1. The van der Waals surface area contributed by atoms with Crippen LogP contribution in [-0.4, -0.2) is 40.9 Å². The predicted octanol–water partition coefficient (Wildman–Crippen LogP) is 3.79. The first-order chi connectivity index (χ1) is 13.7. The fourth-order valence-electron chi connectivity index (χ4n) is 2.64. The Kier molecular flexibility index (Phi) is 5.63. The summed E-state index contributed by atoms with van der Waals surface area (Å²) in [5.41, 5.74) is 1.70. The molecule has 0 radical (unpaired) electrons. The van der Waals surface area contributed by atoms with Crippen molar-refractivity contribution in [2.45, 2.75) is 25.0 Å². The van der Waals surface area contributed by atoms with Crippen LogP contribution in [0.25, 0.3) is 22.8 Å². The first-order valence-electron chi connectivity index (χ1n) is 8.66. The largest absolute Gasteiger partial charge is 0.334 e. The Morgan fingerprint density at radius 2 is 2.07 bits per heavy atom. The fourth-order valence-corrected chi connectivity index (χ4v) is 3.77. The molecule has 0 N–H and O–H groups in total. The third kappa shape index (κ3) is 4.05. The molecule has 0 fully saturated rings. The van der Waals surface area contributed by atoms with Gasteiger partial charge in [0.15, 0.2) is 16.8 Å². The molecule has 0 aliphatic rings. The Bertz CT molecular complexity index is 1070. The monoisotopic (exact) mass is 413 g/mol. The molecule has 8 nitrogen and oxygen atoms in total. The minimum Gasteiger partial charge on any atom is -0.334 e. The summed E-state index contributed by atoms with van der Waals surface area (Å²) in [6.07, 6.45) is 3.98. The molecule has 0 saturated carbocycles. The quantitative estimate of drug-likeness (QED) is 0.422. The van der Waals surface area contributed by atoms with E-state index in [9.17, 15) is 0 Å². The van der Waals surface area contributed by atoms with E-state index < -0.39 is 0 Å². The molecule has 0 unspecified atom stereocenters. The van der Waals surface area contributed by atoms with Gasteiger partial charge in [-0.2, -0.15) is 15.2 Å². The van der Waals surface area contributed by atoms with Crippen molar-refractivity contribution >= 4 is 23.4 Å². The standard InChI is InChI=1S/C18H16ClN7OS/c1-2-26-16(13-6-8-20-21-11-13)23-24-18(26)28-9-7-15-22-17(27-25-15)12-4-3-5-14(19)10-12/h3-6,8,10-11H,2,7,9H2,1H3. The summed E-state index contributed by atoms with van der Waals surface area (Å²) in [5, 5.41) is 21.8. The summed E-state index contributed by atoms with van der Waals surface area (Å²) < 4.78 is 7.39. The summed E-state index contributed by atoms with van der Waals surface area (Å²) in [6.45, 7) is 2.82. The van der Waals surface area contributed by atoms with Crippen LogP contribution in [0.3, 0.4) is 0 Å². The van der Waals surface area contributed by atoms with Gasteiger partial charge in [0.2, 0.25) is 0 Å². The first kappa shape index (κ1) is 18.6. The Labute approximate surface area is 170 Å². The second-order valence-electron chi connectivity index (χ2n) is 5.81. The molecule has 0 spiro atoms. The average molecular weight is 414 g/mol. The van der Waals surface area contributed by atoms with Crippen LogP contribution >= 0.6 is 23.4 Å². The summed E-state index contributed by atoms with van der Waals surface area (Å²) in [4.78, 5) is 4.44. The maximum atomic E-state index is 6.01. The zero-order valence-electron chi connectivity index (χ0n) is 15.0. The molecule has 4 rings (SSSR count). The Morgan fingerprint density at radius 3 is 2.86 bits per heavy atom. The molecule has 0 bridgehead atoms. The van der Waals surface area contributed by atoms with Crippen molar-refractivity contribution in [3.8, 4) is 22.8 Å². The van der Waals surface area contributed by atoms with Crippen LogP contribution in [-0.2, 0) is 13.0 Å². The van der Waals surface area contributed by atoms with E-state index >= 15 is 0 Å². The van der Waals surface area contributed by atoms with Crippen molar-refractivity contribution < 1.29 is 4.52 Å². The topological polar surface area (TPSA) is 95.4 Å². The third-order valence-corrected chi connectivity index (χ3v) is 5.18. The predicted molar refractivity (Wildman–Crippen MR) is 106 cm³/mol. The van der Waals surface area contributed by atoms with Gasteiger partial charge in [-0.05, 0) is 31.2 Å². The van der Waals surface area contributed by atoms with Gasteiger partial charge in [0.1, 0.15) is 0 Å². The maximum absolute atomic E-state index is 6.01. The van der Waals surface area contributed by atoms with Crippen LogP contribution in [0, 0.1) is 0 Å². The Morgan fingerprint density at radius 1 is 1.14 bits per heavy atom. The minimum atomic E-state index is 0.465. The molecule has 10 heteroatoms. The van der Waals surface area contributed by atoms with Crippen LogP contribution in [0.4, 0.5) is 0 Å². The third-order valence-electron chi connectivity index (χ3n) is 3.97. The molecular formula is C18H16ClN7OS. The van der Waals surface area contributed by atoms with E-state index in [0.717, 1.165) is 34.4 Å². The number of hydrogen-bond acceptors (Lipinski definition) is 8. The Hall–Kier alpha value is -2.78. The average Bonchev–Trinajstić information content (AvgIpc) is 3.36. The van der Waals surface area contributed by atoms with Crippen LogP contribution < -0.4 is 0 Å². The van der Waals surface area contributed by atoms with E-state index in [-0.39, 0.29) is 0 Å². The van der Waals surface area contributed by atoms with Crippen molar-refractivity contribution in [2.24, 2.45) is 0 Å². The number of halogens is 1. The lowest BCUT2D eigenvalue weighted by molar-refractivity contribution is 0.423. The second kappa shape index (κ2) is 8.49. The van der Waals surface area contributed by atoms with Gasteiger partial charge in [0.05, 0.1) is 12.4 Å². The molecule has 0 atom stereocenters. The van der Waals surface area contributed by atoms with Crippen LogP contribution in [0.15, 0.2) is 52.4 Å². The summed E-state index contributed by atoms with van der Waals surface area (Å²) in [5.74, 6) is 2.64. The summed E-state index contributed by atoms with van der Waals surface area (Å²) in [7, 11) is 0. The maximum Gasteiger partial charge on any atom is 0.257 e. The highest BCUT2D eigenvalue weighted by atomic mass is 35.5. The van der Waals surface area contributed by atoms with Gasteiger partial charge in [0.25, 0.3) is 5.89 Å². The highest BCUT2D eigenvalue weighted by Crippen LogP contribution is 2.24. The molecular weight excluding hydrogens is 398 g/mol. The van der Waals surface area contributed by atoms with E-state index in [1.54, 1.807) is 36.3 Å². The lowest BCUT2D eigenvalue weighted by atomic mass is 10.2. The number of nitrogens with zero attached hydrogens (tertiary/aromatic N) is 7. The van der Waals surface area contributed by atoms with Crippen molar-refractivity contribution in [3.05, 3.63) is 53.6 Å². The van der Waals surface area contributed by atoms with E-state index in [1.165, 1.54) is 0 Å². The van der Waals surface area contributed by atoms with Gasteiger partial charge in [-0.25, -0.2) is 0 Å². The van der Waals surface area contributed by atoms with Gasteiger partial charge < -0.3 is 9.09 Å². The lowest BCUT2D eigenvalue weighted by Gasteiger charge is -2.06. The number of benzene rings is 1. The van der Waals surface area contributed by atoms with Crippen LogP contribution in [0.2, 0.25) is 5.02 Å². The molecule has 3 aromatic heterocycles. The van der Waals surface area contributed by atoms with Gasteiger partial charge in [-0.15, -0.1) is 10.2 Å². The van der Waals surface area contributed by atoms with Gasteiger partial charge >= 0.3 is 0 Å². The SMILES string of the molecule is CCn1c(SCCc2noc(-c3cccc(Cl)c3)n2)nnc1-c1ccnnc1. The van der Waals surface area contributed by atoms with Crippen molar-refractivity contribution in [1.82, 2.24) is 35.1 Å². The lowest BCUT2D eigenvalue weighted by Crippen LogP contribution is -2.01. The highest BCUT2D eigenvalue weighted by molar-refractivity contribution is 7.99. The number of hydrogen-bond donors (Lipinski definition) is 0. The van der Waals surface area contributed by atoms with Crippen LogP contribution in [0.1, 0.15) is 12.7 Å². The smallest absolute Gasteiger partial charge is 0.257 e. The fraction of sp³-hybridized carbons (Fsp3) is 0.222. The summed E-state index contributed by atoms with van der Waals surface area (Å²) in [6, 6.07) is 9.21. The Balaban J connectivity index is 1.42. The second-order valence-corrected chi connectivity index (χ2v) is 7.30. The van der Waals surface area contributed by atoms with E-state index in [0.29, 0.717) is 23.2 Å². The van der Waals surface area contributed by atoms with Crippen molar-refractivity contribution in [1.29, 1.82) is 0 Å². The van der Waals surface area contributed by atoms with Crippen LogP contribution in [0.5, 0.6) is 0 Å². The zero-order chi connectivity index (χ0) is 19.3. The molecule has 28 heavy (non-hydrogen) atoms. The molecule has 0 aliphatic carbocycles. The van der Waals surface area contributed by atoms with Gasteiger partial charge in [0, 0.05) is 34.9 Å². The zero-order valence-corrected chi connectivity index (χ0v) is 16.6. The van der Waals surface area contributed by atoms with E-state index in [4.69, 9.17) is 16.1 Å². The molecule has 0 amide bonds. The van der Waals surface area contributed by atoms with E-state index in [2.05, 4.69) is 42.0 Å². The van der Waals surface area contributed by atoms with Gasteiger partial charge in [-0.3, -0.25) is 0 Å². The highest BCUT2D eigenvalue weighted by Gasteiger charge is 2.14. The van der Waals surface area contributed by atoms with Gasteiger partial charge in [-0.1, -0.05) is 34.6 Å². The minimum absolute atomic E-state index is 0.465. The number of rotatable bonds is 7. The number of aromatic nitrogens is 7. The molecule has 3 heterocycles. The molecule has 1 aromatic carbocycles. The summed E-state index contributed by atoms with van der Waals surface area (Å²) >= 11 is 7.61. The molecule has 0 saturated heterocycles. The normalized spacial score (nSPS) is 11.1. The molecule has 4 aromatic rings. The van der Waals surface area contributed by atoms with Crippen molar-refractivity contribution in [3.63, 3.8) is 0 Å². The molecule has 0 aliphatic heterocycles. The molecule has 142 valence electrons.